The summed E-state index contributed by atoms with van der Waals surface area (Å²) >= 11 is 0. The van der Waals surface area contributed by atoms with Crippen LogP contribution in [0.2, 0.25) is 0 Å². The first kappa shape index (κ1) is 24.9. The number of pyridine rings is 1. The fourth-order valence-electron chi connectivity index (χ4n) is 5.25. The van der Waals surface area contributed by atoms with Crippen molar-refractivity contribution >= 4 is 11.5 Å². The summed E-state index contributed by atoms with van der Waals surface area (Å²) in [6, 6.07) is 12.1. The molecule has 0 bridgehead atoms. The van der Waals surface area contributed by atoms with Crippen LogP contribution in [0.5, 0.6) is 11.5 Å². The van der Waals surface area contributed by atoms with Gasteiger partial charge >= 0.3 is 0 Å². The Labute approximate surface area is 213 Å². The van der Waals surface area contributed by atoms with Gasteiger partial charge in [-0.1, -0.05) is 24.3 Å². The predicted molar refractivity (Wildman–Crippen MR) is 139 cm³/mol. The largest absolute Gasteiger partial charge is 0.457 e. The first-order chi connectivity index (χ1) is 17.7. The number of para-hydroxylation sites is 1. The van der Waals surface area contributed by atoms with Crippen LogP contribution in [-0.2, 0) is 14.3 Å². The van der Waals surface area contributed by atoms with Crippen LogP contribution in [0.15, 0.2) is 48.7 Å². The van der Waals surface area contributed by atoms with E-state index in [4.69, 9.17) is 19.2 Å². The van der Waals surface area contributed by atoms with Crippen LogP contribution < -0.4 is 10.1 Å². The van der Waals surface area contributed by atoms with Crippen molar-refractivity contribution in [3.63, 3.8) is 0 Å². The summed E-state index contributed by atoms with van der Waals surface area (Å²) < 4.78 is 17.6. The number of methoxy groups -OCH3 is 1. The highest BCUT2D eigenvalue weighted by atomic mass is 16.5. The summed E-state index contributed by atoms with van der Waals surface area (Å²) in [6.45, 7) is 3.23. The second-order valence-electron chi connectivity index (χ2n) is 9.88. The molecule has 2 unspecified atom stereocenters. The molecule has 0 radical (unpaired) electrons. The van der Waals surface area contributed by atoms with E-state index in [1.165, 1.54) is 0 Å². The molecule has 2 heterocycles. The van der Waals surface area contributed by atoms with Crippen molar-refractivity contribution in [1.82, 2.24) is 15.2 Å². The topological polar surface area (TPSA) is 72.9 Å². The van der Waals surface area contributed by atoms with Gasteiger partial charge in [0.1, 0.15) is 17.6 Å². The van der Waals surface area contributed by atoms with Crippen LogP contribution in [0.4, 0.5) is 0 Å². The maximum atomic E-state index is 13.5. The minimum atomic E-state index is -0.416. The number of rotatable bonds is 10. The van der Waals surface area contributed by atoms with Gasteiger partial charge in [0.15, 0.2) is 0 Å². The maximum Gasteiger partial charge on any atom is 0.253 e. The van der Waals surface area contributed by atoms with Crippen LogP contribution >= 0.6 is 0 Å². The number of benzene rings is 1. The van der Waals surface area contributed by atoms with Gasteiger partial charge in [0.05, 0.1) is 12.3 Å². The molecule has 192 valence electrons. The number of aromatic nitrogens is 1. The van der Waals surface area contributed by atoms with Crippen molar-refractivity contribution in [2.75, 3.05) is 40.0 Å². The highest BCUT2D eigenvalue weighted by Crippen LogP contribution is 2.42. The minimum absolute atomic E-state index is 0.0856. The number of fused-ring (bicyclic) bond motifs is 1. The first-order valence-electron chi connectivity index (χ1n) is 13.3. The smallest absolute Gasteiger partial charge is 0.253 e. The summed E-state index contributed by atoms with van der Waals surface area (Å²) in [5.74, 6) is 2.00. The number of carbonyl (C=O) groups is 1. The molecule has 2 atom stereocenters. The van der Waals surface area contributed by atoms with Gasteiger partial charge < -0.3 is 24.4 Å². The van der Waals surface area contributed by atoms with Gasteiger partial charge in [0.2, 0.25) is 0 Å². The summed E-state index contributed by atoms with van der Waals surface area (Å²) in [5, 5.41) is 3.30. The van der Waals surface area contributed by atoms with Gasteiger partial charge in [-0.05, 0) is 62.3 Å². The van der Waals surface area contributed by atoms with E-state index in [0.29, 0.717) is 25.6 Å². The Morgan fingerprint density at radius 3 is 2.81 bits per heavy atom. The molecule has 36 heavy (non-hydrogen) atoms. The number of amides is 1. The lowest BCUT2D eigenvalue weighted by Gasteiger charge is -2.31. The molecule has 1 N–H and O–H groups in total. The molecule has 3 aliphatic rings. The van der Waals surface area contributed by atoms with E-state index in [1.54, 1.807) is 7.11 Å². The predicted octanol–water partition coefficient (Wildman–Crippen LogP) is 4.54. The Morgan fingerprint density at radius 1 is 1.19 bits per heavy atom. The molecule has 5 rings (SSSR count). The second-order valence-corrected chi connectivity index (χ2v) is 9.88. The van der Waals surface area contributed by atoms with Crippen molar-refractivity contribution in [2.45, 2.75) is 56.6 Å². The van der Waals surface area contributed by atoms with Gasteiger partial charge in [-0.25, -0.2) is 0 Å². The molecule has 2 aliphatic carbocycles. The Bertz CT molecular complexity index is 1050. The quantitative estimate of drug-likeness (QED) is 0.492. The number of hydrogen-bond acceptors (Lipinski definition) is 6. The van der Waals surface area contributed by atoms with E-state index >= 15 is 0 Å². The highest BCUT2D eigenvalue weighted by Gasteiger charge is 2.38. The monoisotopic (exact) mass is 491 g/mol. The zero-order valence-electron chi connectivity index (χ0n) is 21.2. The number of nitrogens with zero attached hydrogens (tertiary/aromatic N) is 2. The number of nitrogens with one attached hydrogen (secondary N) is 1. The average Bonchev–Trinajstić information content (AvgIpc) is 3.77. The third-order valence-electron chi connectivity index (χ3n) is 7.24. The summed E-state index contributed by atoms with van der Waals surface area (Å²) in [7, 11) is 1.75. The standard InChI is InChI=1S/C29H37N3O4/c1-34-17-6-9-21-7-5-8-22(20-32(23-12-13-23)29(33)26-19-30-16-18-35-26)27-25(14-15-31-28(21)27)36-24-10-3-2-4-11-24/h2-4,8,10-11,14-15,21,23,26,30H,5-7,9,12-13,16-20H2,1H3. The average molecular weight is 492 g/mol. The molecule has 7 heteroatoms. The van der Waals surface area contributed by atoms with Crippen molar-refractivity contribution in [2.24, 2.45) is 0 Å². The highest BCUT2D eigenvalue weighted by molar-refractivity contribution is 5.85. The molecule has 7 nitrogen and oxygen atoms in total. The van der Waals surface area contributed by atoms with Crippen LogP contribution in [0, 0.1) is 0 Å². The molecule has 1 saturated carbocycles. The fourth-order valence-corrected chi connectivity index (χ4v) is 5.25. The lowest BCUT2D eigenvalue weighted by molar-refractivity contribution is -0.145. The van der Waals surface area contributed by atoms with E-state index in [-0.39, 0.29) is 11.9 Å². The Balaban J connectivity index is 1.47. The maximum absolute atomic E-state index is 13.5. The second kappa shape index (κ2) is 12.0. The van der Waals surface area contributed by atoms with E-state index in [1.807, 2.05) is 47.5 Å². The zero-order valence-corrected chi connectivity index (χ0v) is 21.2. The van der Waals surface area contributed by atoms with Crippen molar-refractivity contribution in [3.8, 4) is 11.5 Å². The Hall–Kier alpha value is -2.74. The molecular formula is C29H37N3O4. The van der Waals surface area contributed by atoms with Gasteiger partial charge in [0, 0.05) is 57.1 Å². The van der Waals surface area contributed by atoms with Gasteiger partial charge in [0.25, 0.3) is 5.91 Å². The summed E-state index contributed by atoms with van der Waals surface area (Å²) in [5.41, 5.74) is 3.24. The molecule has 1 saturated heterocycles. The number of allylic oxidation sites excluding steroid dienone is 1. The summed E-state index contributed by atoms with van der Waals surface area (Å²) in [6.07, 6.45) is 9.80. The minimum Gasteiger partial charge on any atom is -0.457 e. The molecule has 1 aliphatic heterocycles. The lowest BCUT2D eigenvalue weighted by atomic mass is 9.91. The normalized spacial score (nSPS) is 21.8. The van der Waals surface area contributed by atoms with Crippen molar-refractivity contribution in [3.05, 3.63) is 59.9 Å². The van der Waals surface area contributed by atoms with E-state index in [9.17, 15) is 4.79 Å². The number of carbonyl (C=O) groups excluding carboxylic acids is 1. The molecule has 0 spiro atoms. The lowest BCUT2D eigenvalue weighted by Crippen LogP contribution is -2.50. The molecular weight excluding hydrogens is 454 g/mol. The number of hydrogen-bond donors (Lipinski definition) is 1. The van der Waals surface area contributed by atoms with Crippen LogP contribution in [0.1, 0.15) is 55.7 Å². The fraction of sp³-hybridized carbons (Fsp3) is 0.517. The molecule has 2 aromatic rings. The van der Waals surface area contributed by atoms with Gasteiger partial charge in [-0.2, -0.15) is 0 Å². The molecule has 1 aromatic heterocycles. The molecule has 1 aromatic carbocycles. The van der Waals surface area contributed by atoms with Gasteiger partial charge in [-0.3, -0.25) is 9.78 Å². The van der Waals surface area contributed by atoms with Crippen LogP contribution in [0.3, 0.4) is 0 Å². The Morgan fingerprint density at radius 2 is 2.06 bits per heavy atom. The van der Waals surface area contributed by atoms with E-state index in [0.717, 1.165) is 80.0 Å². The molecule has 2 fully saturated rings. The molecule has 1 amide bonds. The van der Waals surface area contributed by atoms with Crippen molar-refractivity contribution in [1.29, 1.82) is 0 Å². The number of morpholine rings is 1. The van der Waals surface area contributed by atoms with Crippen LogP contribution in [-0.4, -0.2) is 67.9 Å². The zero-order chi connectivity index (χ0) is 24.7. The van der Waals surface area contributed by atoms with E-state index in [2.05, 4.69) is 11.4 Å². The summed E-state index contributed by atoms with van der Waals surface area (Å²) in [4.78, 5) is 20.5. The SMILES string of the molecule is COCCCC1CCC=C(CN(C(=O)C2CNCCO2)C2CC2)c2c(Oc3ccccc3)ccnc21. The van der Waals surface area contributed by atoms with Crippen molar-refractivity contribution < 1.29 is 19.0 Å². The Kier molecular flexibility index (Phi) is 8.31. The number of ether oxygens (including phenoxy) is 3. The first-order valence-corrected chi connectivity index (χ1v) is 13.3. The van der Waals surface area contributed by atoms with E-state index < -0.39 is 6.10 Å². The third kappa shape index (κ3) is 5.97. The van der Waals surface area contributed by atoms with Crippen LogP contribution in [0.25, 0.3) is 5.57 Å². The van der Waals surface area contributed by atoms with Gasteiger partial charge in [-0.15, -0.1) is 0 Å². The third-order valence-corrected chi connectivity index (χ3v) is 7.24.